The summed E-state index contributed by atoms with van der Waals surface area (Å²) >= 11 is 0. The summed E-state index contributed by atoms with van der Waals surface area (Å²) in [6.45, 7) is 6.68. The molecular formula is C17H25N3. The second kappa shape index (κ2) is 5.21. The van der Waals surface area contributed by atoms with E-state index in [1.54, 1.807) is 0 Å². The first-order chi connectivity index (χ1) is 9.68. The Labute approximate surface area is 121 Å². The van der Waals surface area contributed by atoms with Crippen LogP contribution in [0.15, 0.2) is 18.2 Å². The van der Waals surface area contributed by atoms with Gasteiger partial charge in [-0.3, -0.25) is 0 Å². The van der Waals surface area contributed by atoms with Gasteiger partial charge in [0.25, 0.3) is 0 Å². The Morgan fingerprint density at radius 1 is 1.40 bits per heavy atom. The van der Waals surface area contributed by atoms with Crippen LogP contribution in [0.2, 0.25) is 0 Å². The Morgan fingerprint density at radius 3 is 2.90 bits per heavy atom. The molecule has 1 aromatic heterocycles. The lowest BCUT2D eigenvalue weighted by molar-refractivity contribution is 0.271. The molecule has 3 rings (SSSR count). The third-order valence-electron chi connectivity index (χ3n) is 4.77. The van der Waals surface area contributed by atoms with Crippen LogP contribution < -0.4 is 5.32 Å². The van der Waals surface area contributed by atoms with Gasteiger partial charge >= 0.3 is 0 Å². The standard InChI is InChI=1S/C17H25N3/c1-4-9-17(10-6-11-18-12-17)16-19-14-8-5-7-13(2)15(14)20(16)3/h5,7-8,18H,4,6,9-12H2,1-3H3. The lowest BCUT2D eigenvalue weighted by atomic mass is 9.76. The predicted molar refractivity (Wildman–Crippen MR) is 84.1 cm³/mol. The van der Waals surface area contributed by atoms with Gasteiger partial charge in [-0.05, 0) is 44.4 Å². The highest BCUT2D eigenvalue weighted by atomic mass is 15.1. The molecule has 0 radical (unpaired) electrons. The van der Waals surface area contributed by atoms with Gasteiger partial charge in [0, 0.05) is 19.0 Å². The zero-order chi connectivity index (χ0) is 14.2. The highest BCUT2D eigenvalue weighted by molar-refractivity contribution is 5.79. The first-order valence-corrected chi connectivity index (χ1v) is 7.81. The molecule has 1 atom stereocenters. The lowest BCUT2D eigenvalue weighted by Crippen LogP contribution is -2.44. The highest BCUT2D eigenvalue weighted by Gasteiger charge is 2.37. The average molecular weight is 271 g/mol. The van der Waals surface area contributed by atoms with E-state index >= 15 is 0 Å². The van der Waals surface area contributed by atoms with Crippen LogP contribution in [0, 0.1) is 6.92 Å². The molecule has 3 nitrogen and oxygen atoms in total. The molecule has 0 saturated carbocycles. The van der Waals surface area contributed by atoms with Crippen molar-refractivity contribution in [1.29, 1.82) is 0 Å². The lowest BCUT2D eigenvalue weighted by Gasteiger charge is -2.37. The van der Waals surface area contributed by atoms with Gasteiger partial charge in [0.2, 0.25) is 0 Å². The van der Waals surface area contributed by atoms with Crippen molar-refractivity contribution in [3.05, 3.63) is 29.6 Å². The number of para-hydroxylation sites is 1. The van der Waals surface area contributed by atoms with Crippen molar-refractivity contribution >= 4 is 11.0 Å². The fourth-order valence-electron chi connectivity index (χ4n) is 3.90. The van der Waals surface area contributed by atoms with Gasteiger partial charge in [-0.1, -0.05) is 25.5 Å². The number of benzene rings is 1. The Morgan fingerprint density at radius 2 is 2.25 bits per heavy atom. The quantitative estimate of drug-likeness (QED) is 0.928. The third kappa shape index (κ3) is 2.05. The summed E-state index contributed by atoms with van der Waals surface area (Å²) in [5.41, 5.74) is 3.97. The van der Waals surface area contributed by atoms with Crippen LogP contribution in [0.1, 0.15) is 44.0 Å². The van der Waals surface area contributed by atoms with Crippen LogP contribution in [0.3, 0.4) is 0 Å². The van der Waals surface area contributed by atoms with Crippen molar-refractivity contribution in [2.75, 3.05) is 13.1 Å². The van der Waals surface area contributed by atoms with E-state index in [2.05, 4.69) is 49.0 Å². The summed E-state index contributed by atoms with van der Waals surface area (Å²) in [5, 5.41) is 3.59. The second-order valence-electron chi connectivity index (χ2n) is 6.25. The monoisotopic (exact) mass is 271 g/mol. The van der Waals surface area contributed by atoms with Crippen LogP contribution in [0.4, 0.5) is 0 Å². The van der Waals surface area contributed by atoms with Gasteiger partial charge < -0.3 is 9.88 Å². The Balaban J connectivity index is 2.16. The Bertz CT molecular complexity index is 600. The largest absolute Gasteiger partial charge is 0.330 e. The van der Waals surface area contributed by atoms with Crippen molar-refractivity contribution in [1.82, 2.24) is 14.9 Å². The zero-order valence-corrected chi connectivity index (χ0v) is 12.9. The molecule has 0 spiro atoms. The molecule has 1 unspecified atom stereocenters. The van der Waals surface area contributed by atoms with Gasteiger partial charge in [-0.2, -0.15) is 0 Å². The summed E-state index contributed by atoms with van der Waals surface area (Å²) in [4.78, 5) is 5.01. The molecule has 1 N–H and O–H groups in total. The number of nitrogens with zero attached hydrogens (tertiary/aromatic N) is 2. The SMILES string of the molecule is CCCC1(c2nc3cccc(C)c3n2C)CCCNC1. The van der Waals surface area contributed by atoms with E-state index in [0.717, 1.165) is 18.6 Å². The fourth-order valence-corrected chi connectivity index (χ4v) is 3.90. The van der Waals surface area contributed by atoms with Crippen molar-refractivity contribution in [2.24, 2.45) is 7.05 Å². The number of hydrogen-bond donors (Lipinski definition) is 1. The van der Waals surface area contributed by atoms with E-state index in [-0.39, 0.29) is 5.41 Å². The molecule has 2 aromatic rings. The fraction of sp³-hybridized carbons (Fsp3) is 0.588. The topological polar surface area (TPSA) is 29.9 Å². The molecule has 0 amide bonds. The maximum atomic E-state index is 5.01. The summed E-state index contributed by atoms with van der Waals surface area (Å²) < 4.78 is 2.34. The van der Waals surface area contributed by atoms with E-state index in [9.17, 15) is 0 Å². The smallest absolute Gasteiger partial charge is 0.117 e. The molecule has 108 valence electrons. The average Bonchev–Trinajstić information content (AvgIpc) is 2.79. The number of rotatable bonds is 3. The summed E-state index contributed by atoms with van der Waals surface area (Å²) in [7, 11) is 2.18. The first kappa shape index (κ1) is 13.6. The molecule has 1 fully saturated rings. The Kier molecular flexibility index (Phi) is 3.55. The van der Waals surface area contributed by atoms with E-state index in [0.29, 0.717) is 0 Å². The number of aromatic nitrogens is 2. The van der Waals surface area contributed by atoms with Gasteiger partial charge in [-0.25, -0.2) is 4.98 Å². The summed E-state index contributed by atoms with van der Waals surface area (Å²) in [6.07, 6.45) is 4.94. The summed E-state index contributed by atoms with van der Waals surface area (Å²) in [6, 6.07) is 6.43. The second-order valence-corrected chi connectivity index (χ2v) is 6.25. The van der Waals surface area contributed by atoms with Gasteiger partial charge in [0.05, 0.1) is 11.0 Å². The molecule has 1 saturated heterocycles. The minimum absolute atomic E-state index is 0.215. The molecule has 3 heteroatoms. The van der Waals surface area contributed by atoms with Crippen LogP contribution in [-0.2, 0) is 12.5 Å². The minimum Gasteiger partial charge on any atom is -0.330 e. The number of piperidine rings is 1. The molecular weight excluding hydrogens is 246 g/mol. The third-order valence-corrected chi connectivity index (χ3v) is 4.77. The molecule has 1 aliphatic rings. The number of fused-ring (bicyclic) bond motifs is 1. The molecule has 0 aliphatic carbocycles. The molecule has 1 aliphatic heterocycles. The Hall–Kier alpha value is -1.35. The highest BCUT2D eigenvalue weighted by Crippen LogP contribution is 2.36. The first-order valence-electron chi connectivity index (χ1n) is 7.81. The van der Waals surface area contributed by atoms with Gasteiger partial charge in [0.1, 0.15) is 5.82 Å². The molecule has 2 heterocycles. The van der Waals surface area contributed by atoms with Gasteiger partial charge in [-0.15, -0.1) is 0 Å². The van der Waals surface area contributed by atoms with E-state index in [4.69, 9.17) is 4.98 Å². The minimum atomic E-state index is 0.215. The number of imidazole rings is 1. The van der Waals surface area contributed by atoms with Crippen LogP contribution in [0.5, 0.6) is 0 Å². The van der Waals surface area contributed by atoms with Crippen LogP contribution in [0.25, 0.3) is 11.0 Å². The van der Waals surface area contributed by atoms with Crippen LogP contribution >= 0.6 is 0 Å². The van der Waals surface area contributed by atoms with Crippen molar-refractivity contribution in [2.45, 2.75) is 44.9 Å². The van der Waals surface area contributed by atoms with Crippen LogP contribution in [-0.4, -0.2) is 22.6 Å². The van der Waals surface area contributed by atoms with Gasteiger partial charge in [0.15, 0.2) is 0 Å². The summed E-state index contributed by atoms with van der Waals surface area (Å²) in [5.74, 6) is 1.27. The van der Waals surface area contributed by atoms with E-state index < -0.39 is 0 Å². The normalized spacial score (nSPS) is 23.4. The van der Waals surface area contributed by atoms with Crippen molar-refractivity contribution < 1.29 is 0 Å². The molecule has 0 bridgehead atoms. The zero-order valence-electron chi connectivity index (χ0n) is 12.9. The van der Waals surface area contributed by atoms with E-state index in [1.165, 1.54) is 42.6 Å². The number of aryl methyl sites for hydroxylation is 2. The van der Waals surface area contributed by atoms with E-state index in [1.807, 2.05) is 0 Å². The van der Waals surface area contributed by atoms with Crippen molar-refractivity contribution in [3.8, 4) is 0 Å². The molecule has 1 aromatic carbocycles. The maximum Gasteiger partial charge on any atom is 0.117 e. The number of hydrogen-bond acceptors (Lipinski definition) is 2. The molecule has 20 heavy (non-hydrogen) atoms. The number of nitrogens with one attached hydrogen (secondary N) is 1. The van der Waals surface area contributed by atoms with Crippen molar-refractivity contribution in [3.63, 3.8) is 0 Å². The maximum absolute atomic E-state index is 5.01. The predicted octanol–water partition coefficient (Wildman–Crippen LogP) is 3.30.